The number of nitrogens with zero attached hydrogens (tertiary/aromatic N) is 4. The summed E-state index contributed by atoms with van der Waals surface area (Å²) < 4.78 is 0. The summed E-state index contributed by atoms with van der Waals surface area (Å²) in [6.45, 7) is 9.03. The van der Waals surface area contributed by atoms with Gasteiger partial charge >= 0.3 is 0 Å². The molecule has 1 saturated heterocycles. The van der Waals surface area contributed by atoms with Crippen LogP contribution in [-0.4, -0.2) is 38.5 Å². The average Bonchev–Trinajstić information content (AvgIpc) is 2.78. The van der Waals surface area contributed by atoms with Crippen molar-refractivity contribution in [3.63, 3.8) is 0 Å². The number of piperidine rings is 1. The second-order valence-corrected chi connectivity index (χ2v) is 9.39. The molecule has 2 N–H and O–H groups in total. The van der Waals surface area contributed by atoms with Gasteiger partial charge in [-0.25, -0.2) is 0 Å². The molecule has 32 heavy (non-hydrogen) atoms. The van der Waals surface area contributed by atoms with E-state index >= 15 is 0 Å². The molecule has 0 saturated carbocycles. The topological polar surface area (TPSA) is 82.4 Å². The van der Waals surface area contributed by atoms with Gasteiger partial charge in [0, 0.05) is 31.3 Å². The Balaban J connectivity index is 1.47. The molecule has 168 valence electrons. The van der Waals surface area contributed by atoms with Gasteiger partial charge in [0.2, 0.25) is 0 Å². The van der Waals surface area contributed by atoms with Gasteiger partial charge in [0.05, 0.1) is 17.0 Å². The highest BCUT2D eigenvalue weighted by Gasteiger charge is 2.36. The van der Waals surface area contributed by atoms with Crippen LogP contribution in [0.15, 0.2) is 48.7 Å². The fourth-order valence-electron chi connectivity index (χ4n) is 4.28. The number of benzene rings is 1. The van der Waals surface area contributed by atoms with Crippen molar-refractivity contribution in [1.29, 1.82) is 0 Å². The number of rotatable bonds is 5. The molecule has 2 aromatic heterocycles. The van der Waals surface area contributed by atoms with Gasteiger partial charge in [0.1, 0.15) is 5.60 Å². The lowest BCUT2D eigenvalue weighted by atomic mass is 9.87. The highest BCUT2D eigenvalue weighted by Crippen LogP contribution is 2.35. The molecule has 0 atom stereocenters. The highest BCUT2D eigenvalue weighted by molar-refractivity contribution is 5.51. The van der Waals surface area contributed by atoms with Gasteiger partial charge in [-0.2, -0.15) is 5.10 Å². The summed E-state index contributed by atoms with van der Waals surface area (Å²) in [5.74, 6) is 0.895. The van der Waals surface area contributed by atoms with Gasteiger partial charge in [-0.3, -0.25) is 4.98 Å². The van der Waals surface area contributed by atoms with Crippen molar-refractivity contribution in [2.45, 2.75) is 58.2 Å². The Morgan fingerprint density at radius 3 is 2.25 bits per heavy atom. The van der Waals surface area contributed by atoms with Crippen LogP contribution in [0.3, 0.4) is 0 Å². The average molecular weight is 433 g/mol. The Labute approximate surface area is 190 Å². The molecule has 1 fully saturated rings. The van der Waals surface area contributed by atoms with E-state index in [4.69, 9.17) is 0 Å². The number of aromatic nitrogens is 3. The molecule has 1 aliphatic heterocycles. The number of anilines is 1. The van der Waals surface area contributed by atoms with Gasteiger partial charge in [0.15, 0.2) is 5.82 Å². The van der Waals surface area contributed by atoms with Crippen molar-refractivity contribution in [1.82, 2.24) is 15.2 Å². The third-order valence-electron chi connectivity index (χ3n) is 6.65. The van der Waals surface area contributed by atoms with E-state index in [1.165, 1.54) is 11.1 Å². The fourth-order valence-corrected chi connectivity index (χ4v) is 4.28. The highest BCUT2D eigenvalue weighted by atomic mass is 16.3. The lowest BCUT2D eigenvalue weighted by Gasteiger charge is -2.39. The molecule has 0 bridgehead atoms. The van der Waals surface area contributed by atoms with Gasteiger partial charge < -0.3 is 15.1 Å². The van der Waals surface area contributed by atoms with Crippen molar-refractivity contribution in [3.05, 3.63) is 82.3 Å². The fraction of sp³-hybridized carbons (Fsp3) is 0.423. The van der Waals surface area contributed by atoms with Crippen molar-refractivity contribution in [2.24, 2.45) is 0 Å². The summed E-state index contributed by atoms with van der Waals surface area (Å²) in [4.78, 5) is 6.67. The molecule has 4 rings (SSSR count). The third-order valence-corrected chi connectivity index (χ3v) is 6.65. The molecular formula is C26H32N4O2. The zero-order valence-corrected chi connectivity index (χ0v) is 19.3. The van der Waals surface area contributed by atoms with E-state index in [1.807, 2.05) is 30.3 Å². The van der Waals surface area contributed by atoms with E-state index < -0.39 is 11.2 Å². The minimum absolute atomic E-state index is 0.563. The first-order valence-electron chi connectivity index (χ1n) is 11.2. The first-order valence-corrected chi connectivity index (χ1v) is 11.2. The molecule has 3 aromatic rings. The van der Waals surface area contributed by atoms with Crippen LogP contribution < -0.4 is 4.90 Å². The van der Waals surface area contributed by atoms with Crippen molar-refractivity contribution < 1.29 is 10.2 Å². The molecule has 1 aliphatic rings. The Bertz CT molecular complexity index is 1070. The number of pyridine rings is 1. The summed E-state index contributed by atoms with van der Waals surface area (Å²) in [7, 11) is 0. The molecule has 0 spiro atoms. The Hall–Kier alpha value is -2.83. The van der Waals surface area contributed by atoms with Crippen LogP contribution in [0, 0.1) is 13.8 Å². The largest absolute Gasteiger partial charge is 0.386 e. The number of hydrogen-bond acceptors (Lipinski definition) is 6. The van der Waals surface area contributed by atoms with E-state index in [0.717, 1.165) is 29.1 Å². The first kappa shape index (κ1) is 22.4. The van der Waals surface area contributed by atoms with Crippen LogP contribution >= 0.6 is 0 Å². The Morgan fingerprint density at radius 2 is 1.66 bits per heavy atom. The number of aliphatic hydroxyl groups is 2. The second kappa shape index (κ2) is 8.60. The summed E-state index contributed by atoms with van der Waals surface area (Å²) in [5, 5.41) is 30.5. The molecule has 3 heterocycles. The maximum absolute atomic E-state index is 11.2. The summed E-state index contributed by atoms with van der Waals surface area (Å²) in [6.07, 6.45) is 3.55. The predicted octanol–water partition coefficient (Wildman–Crippen LogP) is 3.79. The molecule has 0 amide bonds. The Morgan fingerprint density at radius 1 is 0.969 bits per heavy atom. The lowest BCUT2D eigenvalue weighted by molar-refractivity contribution is 0.00711. The SMILES string of the molecule is Cc1c(Cc2ccccc2)nnc(N2CCC(O)(c3ccc(C(C)(C)O)cn3)CC2)c1C. The summed E-state index contributed by atoms with van der Waals surface area (Å²) in [5.41, 5.74) is 4.01. The third kappa shape index (κ3) is 4.52. The molecule has 6 heteroatoms. The van der Waals surface area contributed by atoms with Gasteiger partial charge in [-0.1, -0.05) is 36.4 Å². The molecule has 1 aromatic carbocycles. The van der Waals surface area contributed by atoms with Crippen LogP contribution in [-0.2, 0) is 17.6 Å². The summed E-state index contributed by atoms with van der Waals surface area (Å²) in [6, 6.07) is 14.0. The smallest absolute Gasteiger partial charge is 0.154 e. The van der Waals surface area contributed by atoms with E-state index in [-0.39, 0.29) is 0 Å². The van der Waals surface area contributed by atoms with E-state index in [1.54, 1.807) is 20.0 Å². The molecule has 6 nitrogen and oxygen atoms in total. The van der Waals surface area contributed by atoms with Gasteiger partial charge in [-0.05, 0) is 63.3 Å². The first-order chi connectivity index (χ1) is 15.2. The van der Waals surface area contributed by atoms with E-state index in [9.17, 15) is 10.2 Å². The van der Waals surface area contributed by atoms with Crippen LogP contribution in [0.5, 0.6) is 0 Å². The zero-order chi connectivity index (χ0) is 22.9. The molecule has 0 unspecified atom stereocenters. The van der Waals surface area contributed by atoms with Crippen LogP contribution in [0.1, 0.15) is 60.3 Å². The van der Waals surface area contributed by atoms with Crippen LogP contribution in [0.25, 0.3) is 0 Å². The lowest BCUT2D eigenvalue weighted by Crippen LogP contribution is -2.44. The maximum Gasteiger partial charge on any atom is 0.154 e. The van der Waals surface area contributed by atoms with Crippen molar-refractivity contribution in [2.75, 3.05) is 18.0 Å². The molecule has 0 radical (unpaired) electrons. The monoisotopic (exact) mass is 432 g/mol. The van der Waals surface area contributed by atoms with E-state index in [2.05, 4.69) is 46.1 Å². The van der Waals surface area contributed by atoms with Crippen LogP contribution in [0.4, 0.5) is 5.82 Å². The number of hydrogen-bond donors (Lipinski definition) is 2. The minimum Gasteiger partial charge on any atom is -0.386 e. The van der Waals surface area contributed by atoms with Crippen molar-refractivity contribution in [3.8, 4) is 0 Å². The Kier molecular flexibility index (Phi) is 6.01. The molecular weight excluding hydrogens is 400 g/mol. The minimum atomic E-state index is -0.974. The van der Waals surface area contributed by atoms with E-state index in [0.29, 0.717) is 31.6 Å². The van der Waals surface area contributed by atoms with Crippen molar-refractivity contribution >= 4 is 5.82 Å². The van der Waals surface area contributed by atoms with Crippen LogP contribution in [0.2, 0.25) is 0 Å². The summed E-state index contributed by atoms with van der Waals surface area (Å²) >= 11 is 0. The molecule has 0 aliphatic carbocycles. The normalized spacial score (nSPS) is 16.2. The quantitative estimate of drug-likeness (QED) is 0.638. The maximum atomic E-state index is 11.2. The van der Waals surface area contributed by atoms with Gasteiger partial charge in [0.25, 0.3) is 0 Å². The second-order valence-electron chi connectivity index (χ2n) is 9.39. The standard InChI is InChI=1S/C26H32N4O2/c1-18-19(2)24(29-28-22(18)16-20-8-6-5-7-9-20)30-14-12-26(32,13-15-30)23-11-10-21(17-27-23)25(3,4)31/h5-11,17,31-32H,12-16H2,1-4H3. The van der Waals surface area contributed by atoms with Gasteiger partial charge in [-0.15, -0.1) is 5.10 Å². The zero-order valence-electron chi connectivity index (χ0n) is 19.3. The predicted molar refractivity (Wildman–Crippen MR) is 126 cm³/mol.